The van der Waals surface area contributed by atoms with Crippen LogP contribution in [-0.4, -0.2) is 31.1 Å². The number of hydrogen-bond donors (Lipinski definition) is 1. The van der Waals surface area contributed by atoms with Crippen LogP contribution in [0.4, 0.5) is 0 Å². The number of nitrogens with one attached hydrogen (secondary N) is 1. The Bertz CT molecular complexity index is 702. The molecule has 2 aromatic rings. The summed E-state index contributed by atoms with van der Waals surface area (Å²) in [5.74, 6) is 1.13. The van der Waals surface area contributed by atoms with Crippen molar-refractivity contribution in [3.05, 3.63) is 65.7 Å². The fourth-order valence-corrected chi connectivity index (χ4v) is 3.74. The Morgan fingerprint density at radius 2 is 1.68 bits per heavy atom. The van der Waals surface area contributed by atoms with Gasteiger partial charge in [0.15, 0.2) is 5.78 Å². The number of piperidine rings is 1. The zero-order chi connectivity index (χ0) is 17.1. The van der Waals surface area contributed by atoms with Gasteiger partial charge in [0.1, 0.15) is 12.4 Å². The molecule has 0 spiro atoms. The largest absolute Gasteiger partial charge is 0.489 e. The normalized spacial score (nSPS) is 25.4. The van der Waals surface area contributed by atoms with Gasteiger partial charge in [-0.1, -0.05) is 30.3 Å². The van der Waals surface area contributed by atoms with E-state index in [1.165, 1.54) is 0 Å². The zero-order valence-corrected chi connectivity index (χ0v) is 14.2. The zero-order valence-electron chi connectivity index (χ0n) is 14.2. The molecule has 2 bridgehead atoms. The molecule has 25 heavy (non-hydrogen) atoms. The summed E-state index contributed by atoms with van der Waals surface area (Å²) in [7, 11) is 0. The van der Waals surface area contributed by atoms with E-state index in [-0.39, 0.29) is 11.7 Å². The molecule has 2 aliphatic heterocycles. The van der Waals surface area contributed by atoms with Crippen LogP contribution in [0.2, 0.25) is 0 Å². The monoisotopic (exact) mass is 337 g/mol. The lowest BCUT2D eigenvalue weighted by molar-refractivity contribution is 0.00953. The minimum Gasteiger partial charge on any atom is -0.489 e. The van der Waals surface area contributed by atoms with E-state index in [4.69, 9.17) is 9.47 Å². The summed E-state index contributed by atoms with van der Waals surface area (Å²) in [6, 6.07) is 18.2. The molecule has 0 radical (unpaired) electrons. The minimum atomic E-state index is 0.0937. The molecule has 2 saturated heterocycles. The number of carbonyl (C=O) groups excluding carboxylic acids is 1. The number of morpholine rings is 1. The van der Waals surface area contributed by atoms with Crippen molar-refractivity contribution in [1.82, 2.24) is 5.32 Å². The maximum Gasteiger partial charge on any atom is 0.166 e. The van der Waals surface area contributed by atoms with Crippen molar-refractivity contribution in [2.24, 2.45) is 5.92 Å². The first-order valence-electron chi connectivity index (χ1n) is 8.93. The number of Topliss-reactive ketones (excluding diaryl/α,β-unsaturated/α-hetero) is 1. The number of benzene rings is 2. The van der Waals surface area contributed by atoms with Gasteiger partial charge in [-0.05, 0) is 42.7 Å². The standard InChI is InChI=1S/C21H23NO3/c23-21(17-10-18-13-24-14-19(11-17)22-18)16-6-8-20(9-7-16)25-12-15-4-2-1-3-5-15/h1-9,17-19,22H,10-14H2. The molecule has 2 aromatic carbocycles. The van der Waals surface area contributed by atoms with Crippen LogP contribution < -0.4 is 10.1 Å². The van der Waals surface area contributed by atoms with E-state index in [1.54, 1.807) is 0 Å². The lowest BCUT2D eigenvalue weighted by Gasteiger charge is -2.39. The van der Waals surface area contributed by atoms with Gasteiger partial charge in [-0.2, -0.15) is 0 Å². The second kappa shape index (κ2) is 7.38. The first-order chi connectivity index (χ1) is 12.3. The second-order valence-corrected chi connectivity index (χ2v) is 6.93. The predicted octanol–water partition coefficient (Wildman–Crippen LogP) is 3.22. The molecule has 130 valence electrons. The molecule has 0 aromatic heterocycles. The van der Waals surface area contributed by atoms with E-state index in [0.29, 0.717) is 31.9 Å². The first-order valence-corrected chi connectivity index (χ1v) is 8.93. The quantitative estimate of drug-likeness (QED) is 0.851. The number of carbonyl (C=O) groups is 1. The van der Waals surface area contributed by atoms with E-state index >= 15 is 0 Å². The van der Waals surface area contributed by atoms with Gasteiger partial charge in [0.2, 0.25) is 0 Å². The summed E-state index contributed by atoms with van der Waals surface area (Å²) < 4.78 is 11.4. The summed E-state index contributed by atoms with van der Waals surface area (Å²) in [5.41, 5.74) is 1.91. The molecule has 4 rings (SSSR count). The van der Waals surface area contributed by atoms with Gasteiger partial charge in [-0.3, -0.25) is 4.79 Å². The van der Waals surface area contributed by atoms with Gasteiger partial charge in [0.25, 0.3) is 0 Å². The summed E-state index contributed by atoms with van der Waals surface area (Å²) in [4.78, 5) is 12.8. The maximum atomic E-state index is 12.8. The van der Waals surface area contributed by atoms with Gasteiger partial charge < -0.3 is 14.8 Å². The molecule has 2 heterocycles. The van der Waals surface area contributed by atoms with Crippen LogP contribution in [0, 0.1) is 5.92 Å². The van der Waals surface area contributed by atoms with Gasteiger partial charge in [0.05, 0.1) is 13.2 Å². The van der Waals surface area contributed by atoms with Crippen LogP contribution in [0.1, 0.15) is 28.8 Å². The number of fused-ring (bicyclic) bond motifs is 2. The lowest BCUT2D eigenvalue weighted by Crippen LogP contribution is -2.55. The van der Waals surface area contributed by atoms with E-state index in [0.717, 1.165) is 29.7 Å². The molecule has 2 aliphatic rings. The average Bonchev–Trinajstić information content (AvgIpc) is 2.67. The molecule has 1 N–H and O–H groups in total. The van der Waals surface area contributed by atoms with Crippen LogP contribution >= 0.6 is 0 Å². The van der Waals surface area contributed by atoms with Crippen molar-refractivity contribution in [1.29, 1.82) is 0 Å². The molecule has 4 heteroatoms. The Labute approximate surface area is 148 Å². The van der Waals surface area contributed by atoms with Crippen molar-refractivity contribution >= 4 is 5.78 Å². The third-order valence-electron chi connectivity index (χ3n) is 5.01. The lowest BCUT2D eigenvalue weighted by atomic mass is 9.82. The van der Waals surface area contributed by atoms with Crippen molar-refractivity contribution in [3.8, 4) is 5.75 Å². The molecule has 2 atom stereocenters. The number of ether oxygens (including phenoxy) is 2. The van der Waals surface area contributed by atoms with Crippen molar-refractivity contribution in [2.75, 3.05) is 13.2 Å². The van der Waals surface area contributed by atoms with Gasteiger partial charge in [0, 0.05) is 23.6 Å². The fraction of sp³-hybridized carbons (Fsp3) is 0.381. The van der Waals surface area contributed by atoms with Crippen LogP contribution in [0.15, 0.2) is 54.6 Å². The molecule has 4 nitrogen and oxygen atoms in total. The summed E-state index contributed by atoms with van der Waals surface area (Å²) >= 11 is 0. The van der Waals surface area contributed by atoms with E-state index < -0.39 is 0 Å². The number of hydrogen-bond acceptors (Lipinski definition) is 4. The molecular formula is C21H23NO3. The Hall–Kier alpha value is -2.17. The molecule has 0 amide bonds. The fourth-order valence-electron chi connectivity index (χ4n) is 3.74. The smallest absolute Gasteiger partial charge is 0.166 e. The molecule has 2 fully saturated rings. The average molecular weight is 337 g/mol. The summed E-state index contributed by atoms with van der Waals surface area (Å²) in [5, 5.41) is 3.53. The van der Waals surface area contributed by atoms with Crippen molar-refractivity contribution in [3.63, 3.8) is 0 Å². The SMILES string of the molecule is O=C(c1ccc(OCc2ccccc2)cc1)C1CC2COCC(C1)N2. The Morgan fingerprint density at radius 1 is 1.00 bits per heavy atom. The molecular weight excluding hydrogens is 314 g/mol. The van der Waals surface area contributed by atoms with Crippen LogP contribution in [0.3, 0.4) is 0 Å². The Morgan fingerprint density at radius 3 is 2.36 bits per heavy atom. The van der Waals surface area contributed by atoms with Crippen molar-refractivity contribution < 1.29 is 14.3 Å². The van der Waals surface area contributed by atoms with Crippen LogP contribution in [0.5, 0.6) is 5.75 Å². The topological polar surface area (TPSA) is 47.6 Å². The third-order valence-corrected chi connectivity index (χ3v) is 5.01. The third kappa shape index (κ3) is 3.91. The highest BCUT2D eigenvalue weighted by atomic mass is 16.5. The van der Waals surface area contributed by atoms with Gasteiger partial charge in [-0.25, -0.2) is 0 Å². The first kappa shape index (κ1) is 16.3. The summed E-state index contributed by atoms with van der Waals surface area (Å²) in [6.07, 6.45) is 1.73. The van der Waals surface area contributed by atoms with E-state index in [2.05, 4.69) is 5.32 Å². The van der Waals surface area contributed by atoms with E-state index in [1.807, 2.05) is 54.6 Å². The van der Waals surface area contributed by atoms with Crippen molar-refractivity contribution in [2.45, 2.75) is 31.5 Å². The highest BCUT2D eigenvalue weighted by molar-refractivity contribution is 5.98. The number of rotatable bonds is 5. The van der Waals surface area contributed by atoms with Crippen LogP contribution in [-0.2, 0) is 11.3 Å². The van der Waals surface area contributed by atoms with Gasteiger partial charge >= 0.3 is 0 Å². The second-order valence-electron chi connectivity index (χ2n) is 6.93. The van der Waals surface area contributed by atoms with E-state index in [9.17, 15) is 4.79 Å². The number of ketones is 1. The molecule has 0 saturated carbocycles. The minimum absolute atomic E-state index is 0.0937. The maximum absolute atomic E-state index is 12.8. The van der Waals surface area contributed by atoms with Gasteiger partial charge in [-0.15, -0.1) is 0 Å². The summed E-state index contributed by atoms with van der Waals surface area (Å²) in [6.45, 7) is 1.96. The highest BCUT2D eigenvalue weighted by Crippen LogP contribution is 2.27. The Kier molecular flexibility index (Phi) is 4.81. The molecule has 0 aliphatic carbocycles. The Balaban J connectivity index is 1.37. The highest BCUT2D eigenvalue weighted by Gasteiger charge is 2.35. The predicted molar refractivity (Wildman–Crippen MR) is 95.8 cm³/mol. The van der Waals surface area contributed by atoms with Crippen LogP contribution in [0.25, 0.3) is 0 Å². The molecule has 2 unspecified atom stereocenters.